The van der Waals surface area contributed by atoms with Gasteiger partial charge in [-0.25, -0.2) is 9.97 Å². The number of benzene rings is 1. The zero-order valence-electron chi connectivity index (χ0n) is 13.5. The summed E-state index contributed by atoms with van der Waals surface area (Å²) in [6, 6.07) is 1.66. The third-order valence-corrected chi connectivity index (χ3v) is 3.98. The number of hydrogen-bond donors (Lipinski definition) is 1. The van der Waals surface area contributed by atoms with E-state index in [9.17, 15) is 9.59 Å². The van der Waals surface area contributed by atoms with Crippen LogP contribution >= 0.6 is 34.8 Å². The normalized spacial score (nSPS) is 10.7. The number of nitrogens with one attached hydrogen (secondary N) is 1. The summed E-state index contributed by atoms with van der Waals surface area (Å²) in [5.74, 6) is -1.16. The predicted octanol–water partition coefficient (Wildman–Crippen LogP) is 4.37. The van der Waals surface area contributed by atoms with Crippen molar-refractivity contribution in [1.82, 2.24) is 9.97 Å². The summed E-state index contributed by atoms with van der Waals surface area (Å²) in [6.07, 6.45) is 6.01. The van der Waals surface area contributed by atoms with Crippen LogP contribution in [-0.2, 0) is 9.59 Å². The number of nitrogens with zero attached hydrogens (tertiary/aromatic N) is 2. The lowest BCUT2D eigenvalue weighted by Crippen LogP contribution is -2.07. The van der Waals surface area contributed by atoms with Gasteiger partial charge in [-0.3, -0.25) is 9.59 Å². The average Bonchev–Trinajstić information content (AvgIpc) is 2.59. The van der Waals surface area contributed by atoms with Gasteiger partial charge in [-0.05, 0) is 12.1 Å². The molecule has 1 N–H and O–H groups in total. The van der Waals surface area contributed by atoms with Gasteiger partial charge >= 0.3 is 11.9 Å². The molecular formula is C16H12Cl3N3O4. The molecule has 0 radical (unpaired) electrons. The van der Waals surface area contributed by atoms with Crippen LogP contribution in [0.3, 0.4) is 0 Å². The van der Waals surface area contributed by atoms with Gasteiger partial charge in [0.1, 0.15) is 10.0 Å². The Hall–Kier alpha value is -2.35. The minimum Gasteiger partial charge on any atom is -0.424 e. The number of carbonyl (C=O) groups excluding carboxylic acids is 2. The van der Waals surface area contributed by atoms with Crippen molar-refractivity contribution in [3.8, 4) is 11.5 Å². The average molecular weight is 417 g/mol. The van der Waals surface area contributed by atoms with Gasteiger partial charge in [-0.2, -0.15) is 0 Å². The second-order valence-corrected chi connectivity index (χ2v) is 5.89. The highest BCUT2D eigenvalue weighted by atomic mass is 35.5. The predicted molar refractivity (Wildman–Crippen MR) is 98.8 cm³/mol. The molecule has 2 rings (SSSR count). The Bertz CT molecular complexity index is 873. The van der Waals surface area contributed by atoms with Crippen LogP contribution in [0.25, 0.3) is 6.08 Å². The lowest BCUT2D eigenvalue weighted by atomic mass is 10.1. The first-order valence-corrected chi connectivity index (χ1v) is 8.22. The Labute approximate surface area is 163 Å². The molecule has 1 aromatic carbocycles. The van der Waals surface area contributed by atoms with Crippen LogP contribution in [0.5, 0.6) is 11.5 Å². The van der Waals surface area contributed by atoms with Crippen molar-refractivity contribution in [2.75, 3.05) is 5.32 Å². The van der Waals surface area contributed by atoms with Crippen molar-refractivity contribution in [2.45, 2.75) is 13.8 Å². The summed E-state index contributed by atoms with van der Waals surface area (Å²) in [6.45, 7) is 2.38. The summed E-state index contributed by atoms with van der Waals surface area (Å²) in [7, 11) is 0. The van der Waals surface area contributed by atoms with Crippen molar-refractivity contribution in [1.29, 1.82) is 0 Å². The minimum atomic E-state index is -0.643. The second-order valence-electron chi connectivity index (χ2n) is 4.75. The largest absolute Gasteiger partial charge is 0.424 e. The number of esters is 2. The zero-order chi connectivity index (χ0) is 19.3. The molecule has 136 valence electrons. The highest BCUT2D eigenvalue weighted by Gasteiger charge is 2.24. The molecule has 1 heterocycles. The third-order valence-electron chi connectivity index (χ3n) is 2.79. The minimum absolute atomic E-state index is 0.0575. The lowest BCUT2D eigenvalue weighted by Gasteiger charge is -2.15. The van der Waals surface area contributed by atoms with E-state index >= 15 is 0 Å². The Kier molecular flexibility index (Phi) is 6.79. The number of rotatable bonds is 5. The number of ether oxygens (including phenoxy) is 2. The highest BCUT2D eigenvalue weighted by molar-refractivity contribution is 6.46. The summed E-state index contributed by atoms with van der Waals surface area (Å²) < 4.78 is 10.1. The van der Waals surface area contributed by atoms with E-state index in [0.29, 0.717) is 5.95 Å². The van der Waals surface area contributed by atoms with Crippen molar-refractivity contribution >= 4 is 58.8 Å². The molecule has 2 aromatic rings. The van der Waals surface area contributed by atoms with Crippen LogP contribution in [0.4, 0.5) is 5.95 Å². The molecule has 0 aliphatic rings. The van der Waals surface area contributed by atoms with Crippen LogP contribution in [0.15, 0.2) is 24.7 Å². The molecule has 10 heteroatoms. The Balaban J connectivity index is 2.50. The number of halogens is 3. The number of carbonyl (C=O) groups is 2. The van der Waals surface area contributed by atoms with E-state index < -0.39 is 11.9 Å². The molecular weight excluding hydrogens is 405 g/mol. The third kappa shape index (κ3) is 4.85. The molecule has 0 aliphatic carbocycles. The molecule has 0 amide bonds. The molecule has 0 fully saturated rings. The maximum absolute atomic E-state index is 11.4. The Morgan fingerprint density at radius 1 is 0.962 bits per heavy atom. The first-order chi connectivity index (χ1) is 12.3. The lowest BCUT2D eigenvalue weighted by molar-refractivity contribution is -0.133. The van der Waals surface area contributed by atoms with Gasteiger partial charge in [0.15, 0.2) is 11.5 Å². The van der Waals surface area contributed by atoms with E-state index in [-0.39, 0.29) is 32.1 Å². The fourth-order valence-electron chi connectivity index (χ4n) is 1.83. The fourth-order valence-corrected chi connectivity index (χ4v) is 2.61. The Morgan fingerprint density at radius 2 is 1.50 bits per heavy atom. The maximum Gasteiger partial charge on any atom is 0.308 e. The van der Waals surface area contributed by atoms with Gasteiger partial charge in [0.25, 0.3) is 0 Å². The molecule has 0 spiro atoms. The number of aromatic nitrogens is 2. The van der Waals surface area contributed by atoms with Crippen molar-refractivity contribution in [3.63, 3.8) is 0 Å². The molecule has 26 heavy (non-hydrogen) atoms. The van der Waals surface area contributed by atoms with Gasteiger partial charge in [-0.1, -0.05) is 34.8 Å². The molecule has 0 saturated heterocycles. The molecule has 1 aromatic heterocycles. The SMILES string of the molecule is CC(=O)Oc1c(Cl)c(Cl)c(OC(C)=O)c(C=CNc2ncccn2)c1Cl. The van der Waals surface area contributed by atoms with Gasteiger partial charge < -0.3 is 14.8 Å². The van der Waals surface area contributed by atoms with Gasteiger partial charge in [-0.15, -0.1) is 0 Å². The number of hydrogen-bond acceptors (Lipinski definition) is 7. The van der Waals surface area contributed by atoms with Crippen molar-refractivity contribution < 1.29 is 19.1 Å². The van der Waals surface area contributed by atoms with E-state index in [4.69, 9.17) is 44.3 Å². The first-order valence-electron chi connectivity index (χ1n) is 7.08. The Morgan fingerprint density at radius 3 is 2.08 bits per heavy atom. The van der Waals surface area contributed by atoms with Crippen LogP contribution in [0.2, 0.25) is 15.1 Å². The van der Waals surface area contributed by atoms with Crippen LogP contribution < -0.4 is 14.8 Å². The van der Waals surface area contributed by atoms with E-state index in [1.54, 1.807) is 18.5 Å². The van der Waals surface area contributed by atoms with Gasteiger partial charge in [0.05, 0.1) is 5.02 Å². The first kappa shape index (κ1) is 20.0. The fraction of sp³-hybridized carbons (Fsp3) is 0.125. The standard InChI is InChI=1S/C16H12Cl3N3O4/c1-8(23)25-14-10(4-7-22-16-20-5-3-6-21-16)11(17)15(26-9(2)24)13(19)12(14)18/h3-7H,1-2H3,(H,20,21,22). The van der Waals surface area contributed by atoms with Crippen LogP contribution in [0.1, 0.15) is 19.4 Å². The van der Waals surface area contributed by atoms with E-state index in [1.165, 1.54) is 26.1 Å². The van der Waals surface area contributed by atoms with Crippen molar-refractivity contribution in [3.05, 3.63) is 45.3 Å². The molecule has 0 bridgehead atoms. The quantitative estimate of drug-likeness (QED) is 0.439. The number of anilines is 1. The van der Waals surface area contributed by atoms with Crippen LogP contribution in [0, 0.1) is 0 Å². The summed E-state index contributed by atoms with van der Waals surface area (Å²) in [5, 5.41) is 2.47. The smallest absolute Gasteiger partial charge is 0.308 e. The molecule has 0 saturated carbocycles. The van der Waals surface area contributed by atoms with Crippen molar-refractivity contribution in [2.24, 2.45) is 0 Å². The second kappa shape index (κ2) is 8.84. The zero-order valence-corrected chi connectivity index (χ0v) is 15.8. The van der Waals surface area contributed by atoms with E-state index in [1.807, 2.05) is 0 Å². The monoisotopic (exact) mass is 415 g/mol. The van der Waals surface area contributed by atoms with Gasteiger partial charge in [0.2, 0.25) is 5.95 Å². The molecule has 7 nitrogen and oxygen atoms in total. The van der Waals surface area contributed by atoms with Crippen LogP contribution in [-0.4, -0.2) is 21.9 Å². The topological polar surface area (TPSA) is 90.4 Å². The summed E-state index contributed by atoms with van der Waals surface area (Å²) in [5.41, 5.74) is 0.177. The molecule has 0 atom stereocenters. The summed E-state index contributed by atoms with van der Waals surface area (Å²) in [4.78, 5) is 30.6. The van der Waals surface area contributed by atoms with E-state index in [2.05, 4.69) is 15.3 Å². The maximum atomic E-state index is 11.4. The van der Waals surface area contributed by atoms with Gasteiger partial charge in [0, 0.05) is 38.0 Å². The highest BCUT2D eigenvalue weighted by Crippen LogP contribution is 2.48. The van der Waals surface area contributed by atoms with E-state index in [0.717, 1.165) is 0 Å². The molecule has 0 unspecified atom stereocenters. The molecule has 0 aliphatic heterocycles. The summed E-state index contributed by atoms with van der Waals surface area (Å²) >= 11 is 18.5.